The SMILES string of the molecule is CC.CC.CC.CC.CC.CC.CC.Cc1cccc2ccccc12.N#Cc1ccccc1.[C-]#[N+]c1cccc(C#N)c1.c1ccc(-c2ccc3ccccc3c2)cc1.c1ccc(-c2cccc3ccccc23)cc1.c1ccc(-c2cccc3ccccc23)cc1.c1ccc2cc3ccccc3cc2c1.c1ccc2ccccc2c1. The molecule has 0 amide bonds. The summed E-state index contributed by atoms with van der Waals surface area (Å²) in [6, 6.07) is 149. The fourth-order valence-electron chi connectivity index (χ4n) is 11.7. The molecule has 0 atom stereocenters. The van der Waals surface area contributed by atoms with Crippen LogP contribution >= 0.6 is 0 Å². The van der Waals surface area contributed by atoms with E-state index < -0.39 is 0 Å². The molecule has 18 aromatic carbocycles. The second-order valence-corrected chi connectivity index (χ2v) is 23.7. The van der Waals surface area contributed by atoms with E-state index in [4.69, 9.17) is 17.1 Å². The summed E-state index contributed by atoms with van der Waals surface area (Å²) in [5, 5.41) is 35.1. The summed E-state index contributed by atoms with van der Waals surface area (Å²) in [6.45, 7) is 36.8. The van der Waals surface area contributed by atoms with Crippen LogP contribution < -0.4 is 0 Å². The molecule has 0 saturated carbocycles. The van der Waals surface area contributed by atoms with Crippen LogP contribution in [0.25, 0.3) is 114 Å². The van der Waals surface area contributed by atoms with Crippen molar-refractivity contribution in [1.29, 1.82) is 10.5 Å². The Balaban J connectivity index is 0.000000273. The second-order valence-electron chi connectivity index (χ2n) is 23.7. The molecule has 578 valence electrons. The van der Waals surface area contributed by atoms with E-state index in [1.807, 2.05) is 133 Å². The Labute approximate surface area is 689 Å². The maximum absolute atomic E-state index is 8.40. The third-order valence-electron chi connectivity index (χ3n) is 16.9. The average Bonchev–Trinajstić information content (AvgIpc) is 0.816. The van der Waals surface area contributed by atoms with E-state index in [0.717, 1.165) is 0 Å². The van der Waals surface area contributed by atoms with Crippen molar-refractivity contribution >= 4 is 81.1 Å². The van der Waals surface area contributed by atoms with Gasteiger partial charge in [0.2, 0.25) is 0 Å². The van der Waals surface area contributed by atoms with Crippen molar-refractivity contribution in [3.05, 3.63) is 453 Å². The molecule has 0 N–H and O–H groups in total. The van der Waals surface area contributed by atoms with Gasteiger partial charge in [0.25, 0.3) is 0 Å². The van der Waals surface area contributed by atoms with Gasteiger partial charge in [-0.1, -0.05) is 479 Å². The van der Waals surface area contributed by atoms with E-state index in [1.54, 1.807) is 36.4 Å². The molecule has 0 aliphatic rings. The molecule has 0 saturated heterocycles. The largest absolute Gasteiger partial charge is 0.238 e. The Kier molecular flexibility index (Phi) is 46.7. The molecule has 0 unspecified atom stereocenters. The number of fused-ring (bicyclic) bond motifs is 7. The van der Waals surface area contributed by atoms with Gasteiger partial charge in [-0.2, -0.15) is 10.5 Å². The van der Waals surface area contributed by atoms with Crippen LogP contribution in [0.5, 0.6) is 0 Å². The predicted molar refractivity (Wildman–Crippen MR) is 510 cm³/mol. The summed E-state index contributed by atoms with van der Waals surface area (Å²) in [5.74, 6) is 0. The van der Waals surface area contributed by atoms with Crippen molar-refractivity contribution < 1.29 is 0 Å². The van der Waals surface area contributed by atoms with Gasteiger partial charge in [-0.05, 0) is 164 Å². The maximum Gasteiger partial charge on any atom is 0.188 e. The third-order valence-corrected chi connectivity index (χ3v) is 16.9. The molecule has 0 spiro atoms. The first-order valence-electron chi connectivity index (χ1n) is 40.6. The van der Waals surface area contributed by atoms with Crippen LogP contribution in [0.2, 0.25) is 0 Å². The molecule has 0 aromatic heterocycles. The topological polar surface area (TPSA) is 51.9 Å². The van der Waals surface area contributed by atoms with Crippen LogP contribution in [-0.2, 0) is 0 Å². The van der Waals surface area contributed by atoms with E-state index in [0.29, 0.717) is 16.8 Å². The fourth-order valence-corrected chi connectivity index (χ4v) is 11.7. The number of rotatable bonds is 3. The zero-order valence-corrected chi connectivity index (χ0v) is 70.3. The normalized spacial score (nSPS) is 9.15. The van der Waals surface area contributed by atoms with Crippen LogP contribution in [0.3, 0.4) is 0 Å². The highest BCUT2D eigenvalue weighted by atomic mass is 14.6. The number of aryl methyl sites for hydroxylation is 1. The quantitative estimate of drug-likeness (QED) is 0.131. The highest BCUT2D eigenvalue weighted by molar-refractivity contribution is 5.99. The fraction of sp³-hybridized carbons (Fsp3) is 0.134. The van der Waals surface area contributed by atoms with Gasteiger partial charge in [-0.15, -0.1) is 0 Å². The minimum absolute atomic E-state index is 0.513. The summed E-state index contributed by atoms with van der Waals surface area (Å²) in [4.78, 5) is 3.18. The average molecular weight is 1500 g/mol. The summed E-state index contributed by atoms with van der Waals surface area (Å²) in [7, 11) is 0. The number of nitriles is 2. The van der Waals surface area contributed by atoms with Crippen molar-refractivity contribution in [1.82, 2.24) is 0 Å². The summed E-state index contributed by atoms with van der Waals surface area (Å²) in [5.41, 5.74) is 10.8. The van der Waals surface area contributed by atoms with Crippen LogP contribution in [0.4, 0.5) is 5.69 Å². The second kappa shape index (κ2) is 57.3. The highest BCUT2D eigenvalue weighted by Gasteiger charge is 2.05. The summed E-state index contributed by atoms with van der Waals surface area (Å²) >= 11 is 0. The van der Waals surface area contributed by atoms with Gasteiger partial charge >= 0.3 is 0 Å². The lowest BCUT2D eigenvalue weighted by atomic mass is 9.98. The van der Waals surface area contributed by atoms with E-state index in [2.05, 4.69) is 376 Å². The van der Waals surface area contributed by atoms with Crippen LogP contribution in [0.15, 0.2) is 425 Å². The van der Waals surface area contributed by atoms with Crippen LogP contribution in [0.1, 0.15) is 114 Å². The van der Waals surface area contributed by atoms with Gasteiger partial charge in [0, 0.05) is 5.56 Å². The smallest absolute Gasteiger partial charge is 0.188 e. The molecular formula is C112H115N3. The Morgan fingerprint density at radius 3 is 0.809 bits per heavy atom. The Hall–Kier alpha value is -13.8. The first-order valence-corrected chi connectivity index (χ1v) is 40.6. The first-order chi connectivity index (χ1) is 56.9. The number of hydrogen-bond acceptors (Lipinski definition) is 2. The van der Waals surface area contributed by atoms with Gasteiger partial charge in [0.15, 0.2) is 5.69 Å². The lowest BCUT2D eigenvalue weighted by Crippen LogP contribution is -1.79. The molecule has 0 fully saturated rings. The molecule has 18 rings (SSSR count). The van der Waals surface area contributed by atoms with Crippen molar-refractivity contribution in [3.8, 4) is 45.5 Å². The van der Waals surface area contributed by atoms with E-state index in [9.17, 15) is 0 Å². The van der Waals surface area contributed by atoms with E-state index in [1.165, 1.54) is 114 Å². The molecular weight excluding hydrogens is 1390 g/mol. The molecule has 0 heterocycles. The number of nitrogens with zero attached hydrogens (tertiary/aromatic N) is 3. The first kappa shape index (κ1) is 93.6. The van der Waals surface area contributed by atoms with Gasteiger partial charge in [0.1, 0.15) is 0 Å². The van der Waals surface area contributed by atoms with Crippen molar-refractivity contribution in [2.75, 3.05) is 0 Å². The van der Waals surface area contributed by atoms with Crippen LogP contribution in [-0.4, -0.2) is 0 Å². The van der Waals surface area contributed by atoms with Gasteiger partial charge in [-0.3, -0.25) is 0 Å². The van der Waals surface area contributed by atoms with Crippen molar-refractivity contribution in [3.63, 3.8) is 0 Å². The molecule has 115 heavy (non-hydrogen) atoms. The lowest BCUT2D eigenvalue weighted by Gasteiger charge is -2.06. The third kappa shape index (κ3) is 30.8. The maximum atomic E-state index is 8.40. The predicted octanol–water partition coefficient (Wildman–Crippen LogP) is 34.4. The number of hydrogen-bond donors (Lipinski definition) is 0. The van der Waals surface area contributed by atoms with Crippen molar-refractivity contribution in [2.45, 2.75) is 104 Å². The minimum atomic E-state index is 0.513. The molecule has 0 aliphatic carbocycles. The van der Waals surface area contributed by atoms with Gasteiger partial charge in [0.05, 0.1) is 24.3 Å². The summed E-state index contributed by atoms with van der Waals surface area (Å²) < 4.78 is 0. The molecule has 3 heteroatoms. The summed E-state index contributed by atoms with van der Waals surface area (Å²) in [6.07, 6.45) is 0. The van der Waals surface area contributed by atoms with E-state index in [-0.39, 0.29) is 0 Å². The van der Waals surface area contributed by atoms with Crippen molar-refractivity contribution in [2.24, 2.45) is 0 Å². The van der Waals surface area contributed by atoms with E-state index >= 15 is 0 Å². The zero-order chi connectivity index (χ0) is 83.5. The molecule has 0 aliphatic heterocycles. The van der Waals surface area contributed by atoms with Gasteiger partial charge in [-0.25, -0.2) is 4.85 Å². The molecule has 0 bridgehead atoms. The highest BCUT2D eigenvalue weighted by Crippen LogP contribution is 2.31. The Morgan fingerprint density at radius 1 is 0.200 bits per heavy atom. The van der Waals surface area contributed by atoms with Crippen LogP contribution in [0, 0.1) is 36.2 Å². The zero-order valence-electron chi connectivity index (χ0n) is 70.3. The standard InChI is InChI=1S/3C16H12.C14H10.C11H10.C10H8.C8H4N2.C7H5N.7C2H6/c2*1-2-7-13(8-3-1)16-12-6-10-14-9-4-5-11-15(14)16;1-2-6-13(7-3-1)16-11-10-14-8-4-5-9-15(14)12-16;1-2-6-12-10-14-8-4-3-7-13(14)9-11(12)5-1;1-9-5-4-7-10-6-2-3-8-11(9)10;1-2-6-10-8-4-3-7-9(10)5-1;1-10-8-4-2-3-7(5-8)6-9;8-6-7-4-2-1-3-5-7;7*1-2/h3*1-12H;1-10H;2-8H,1H3;1-8H;2-5H;1-5H;7*1-2H3. The van der Waals surface area contributed by atoms with Gasteiger partial charge < -0.3 is 0 Å². The monoisotopic (exact) mass is 1500 g/mol. The lowest BCUT2D eigenvalue weighted by molar-refractivity contribution is 1.49. The Bertz CT molecular complexity index is 5430. The molecule has 0 radical (unpaired) electrons. The Morgan fingerprint density at radius 2 is 0.461 bits per heavy atom. The minimum Gasteiger partial charge on any atom is -0.238 e. The molecule has 3 nitrogen and oxygen atoms in total. The molecule has 18 aromatic rings. The number of benzene rings is 18.